The lowest BCUT2D eigenvalue weighted by molar-refractivity contribution is 0.0400. The molecule has 0 aliphatic carbocycles. The largest absolute Gasteiger partial charge is 0.440 e. The molecule has 0 saturated heterocycles. The molecule has 192 valence electrons. The van der Waals surface area contributed by atoms with Gasteiger partial charge in [-0.05, 0) is 45.8 Å². The highest BCUT2D eigenvalue weighted by atomic mass is 79.9. The van der Waals surface area contributed by atoms with Crippen LogP contribution >= 0.6 is 31.9 Å². The van der Waals surface area contributed by atoms with E-state index in [-0.39, 0.29) is 11.1 Å². The van der Waals surface area contributed by atoms with Crippen LogP contribution < -0.4 is 0 Å². The Balaban J connectivity index is 1.34. The first kappa shape index (κ1) is 25.2. The molecule has 0 amide bonds. The van der Waals surface area contributed by atoms with E-state index in [0.29, 0.717) is 44.7 Å². The lowest BCUT2D eigenvalue weighted by Crippen LogP contribution is -2.14. The molecule has 0 unspecified atom stereocenters. The highest BCUT2D eigenvalue weighted by Gasteiger charge is 2.22. The number of esters is 2. The highest BCUT2D eigenvalue weighted by molar-refractivity contribution is 9.08. The van der Waals surface area contributed by atoms with Crippen LogP contribution in [0, 0.1) is 0 Å². The van der Waals surface area contributed by atoms with Crippen molar-refractivity contribution in [2.24, 2.45) is 0 Å². The molecule has 0 aliphatic rings. The maximum Gasteiger partial charge on any atom is 0.346 e. The van der Waals surface area contributed by atoms with Crippen LogP contribution in [0.4, 0.5) is 0 Å². The van der Waals surface area contributed by atoms with Crippen LogP contribution in [0.5, 0.6) is 0 Å². The number of carbonyl (C=O) groups excluding carboxylic acids is 2. The molecule has 7 nitrogen and oxygen atoms in total. The first-order chi connectivity index (χ1) is 19.1. The quantitative estimate of drug-likeness (QED) is 0.103. The SMILES string of the molecule is O=C(OC(=O)c1ccc(-c2ncc(CBr)o2)c2ccccc12)c1ccc(-c2ncc(CBr)o2)c2ccccc12. The van der Waals surface area contributed by atoms with Gasteiger partial charge < -0.3 is 13.6 Å². The fourth-order valence-electron chi connectivity index (χ4n) is 4.51. The van der Waals surface area contributed by atoms with Crippen LogP contribution in [-0.4, -0.2) is 21.9 Å². The van der Waals surface area contributed by atoms with Gasteiger partial charge in [0.15, 0.2) is 0 Å². The van der Waals surface area contributed by atoms with Gasteiger partial charge in [0.25, 0.3) is 0 Å². The standard InChI is InChI=1S/C30H18Br2N2O5/c31-13-17-15-33-27(37-17)23-9-11-25(21-7-3-1-5-19(21)23)29(35)39-30(36)26-12-10-24(20-6-2-4-8-22(20)26)28-34-16-18(14-32)38-28/h1-12,15-16H,13-14H2. The van der Waals surface area contributed by atoms with Crippen molar-refractivity contribution in [3.63, 3.8) is 0 Å². The summed E-state index contributed by atoms with van der Waals surface area (Å²) < 4.78 is 17.0. The molecule has 0 aliphatic heterocycles. The number of benzene rings is 4. The molecule has 39 heavy (non-hydrogen) atoms. The zero-order chi connectivity index (χ0) is 26.9. The fourth-order valence-corrected chi connectivity index (χ4v) is 5.03. The summed E-state index contributed by atoms with van der Waals surface area (Å²) in [4.78, 5) is 35.3. The van der Waals surface area contributed by atoms with Crippen molar-refractivity contribution in [1.29, 1.82) is 0 Å². The number of rotatable bonds is 6. The Morgan fingerprint density at radius 3 is 1.41 bits per heavy atom. The van der Waals surface area contributed by atoms with E-state index in [0.717, 1.165) is 21.9 Å². The minimum atomic E-state index is -0.751. The van der Waals surface area contributed by atoms with E-state index >= 15 is 0 Å². The van der Waals surface area contributed by atoms with Crippen molar-refractivity contribution < 1.29 is 23.2 Å². The molecule has 0 atom stereocenters. The first-order valence-electron chi connectivity index (χ1n) is 11.9. The van der Waals surface area contributed by atoms with Gasteiger partial charge in [-0.25, -0.2) is 19.6 Å². The smallest absolute Gasteiger partial charge is 0.346 e. The number of alkyl halides is 2. The van der Waals surface area contributed by atoms with Gasteiger partial charge in [-0.3, -0.25) is 0 Å². The molecule has 0 bridgehead atoms. The van der Waals surface area contributed by atoms with Crippen molar-refractivity contribution >= 4 is 65.3 Å². The summed E-state index contributed by atoms with van der Waals surface area (Å²) in [6.45, 7) is 0. The lowest BCUT2D eigenvalue weighted by Gasteiger charge is -2.11. The molecule has 2 heterocycles. The van der Waals surface area contributed by atoms with Gasteiger partial charge >= 0.3 is 11.9 Å². The molecule has 6 aromatic rings. The Bertz CT molecular complexity index is 1740. The van der Waals surface area contributed by atoms with Crippen molar-refractivity contribution in [2.75, 3.05) is 0 Å². The minimum Gasteiger partial charge on any atom is -0.440 e. The van der Waals surface area contributed by atoms with E-state index in [9.17, 15) is 9.59 Å². The molecule has 0 saturated carbocycles. The number of fused-ring (bicyclic) bond motifs is 2. The van der Waals surface area contributed by atoms with Crippen LogP contribution in [0.1, 0.15) is 32.2 Å². The summed E-state index contributed by atoms with van der Waals surface area (Å²) >= 11 is 6.73. The van der Waals surface area contributed by atoms with Crippen LogP contribution in [-0.2, 0) is 15.4 Å². The summed E-state index contributed by atoms with van der Waals surface area (Å²) in [5.74, 6) is 0.758. The molecule has 0 radical (unpaired) electrons. The van der Waals surface area contributed by atoms with Crippen LogP contribution in [0.3, 0.4) is 0 Å². The maximum absolute atomic E-state index is 13.3. The van der Waals surface area contributed by atoms with Gasteiger partial charge in [-0.2, -0.15) is 0 Å². The zero-order valence-corrected chi connectivity index (χ0v) is 23.4. The lowest BCUT2D eigenvalue weighted by atomic mass is 9.99. The fraction of sp³-hybridized carbons (Fsp3) is 0.0667. The third-order valence-electron chi connectivity index (χ3n) is 6.30. The third kappa shape index (κ3) is 4.68. The predicted molar refractivity (Wildman–Crippen MR) is 154 cm³/mol. The van der Waals surface area contributed by atoms with E-state index in [1.165, 1.54) is 0 Å². The summed E-state index contributed by atoms with van der Waals surface area (Å²) in [7, 11) is 0. The third-order valence-corrected chi connectivity index (χ3v) is 7.41. The number of hydrogen-bond acceptors (Lipinski definition) is 7. The van der Waals surface area contributed by atoms with Gasteiger partial charge in [0, 0.05) is 11.1 Å². The van der Waals surface area contributed by atoms with Gasteiger partial charge in [0.05, 0.1) is 34.2 Å². The highest BCUT2D eigenvalue weighted by Crippen LogP contribution is 2.33. The molecule has 0 N–H and O–H groups in total. The Hall–Kier alpha value is -4.08. The van der Waals surface area contributed by atoms with E-state index in [4.69, 9.17) is 13.6 Å². The Labute approximate surface area is 239 Å². The number of aromatic nitrogens is 2. The monoisotopic (exact) mass is 644 g/mol. The first-order valence-corrected chi connectivity index (χ1v) is 14.1. The number of hydrogen-bond donors (Lipinski definition) is 0. The van der Waals surface area contributed by atoms with Crippen LogP contribution in [0.2, 0.25) is 0 Å². The topological polar surface area (TPSA) is 95.4 Å². The molecule has 4 aromatic carbocycles. The second kappa shape index (κ2) is 10.6. The normalized spacial score (nSPS) is 11.2. The van der Waals surface area contributed by atoms with Crippen molar-refractivity contribution in [1.82, 2.24) is 9.97 Å². The second-order valence-corrected chi connectivity index (χ2v) is 9.74. The van der Waals surface area contributed by atoms with Crippen molar-refractivity contribution in [3.05, 3.63) is 108 Å². The molecular weight excluding hydrogens is 628 g/mol. The number of oxazole rings is 2. The Morgan fingerprint density at radius 2 is 1.03 bits per heavy atom. The number of nitrogens with zero attached hydrogens (tertiary/aromatic N) is 2. The van der Waals surface area contributed by atoms with Gasteiger partial charge in [0.1, 0.15) is 11.5 Å². The second-order valence-electron chi connectivity index (χ2n) is 8.62. The summed E-state index contributed by atoms with van der Waals surface area (Å²) in [5.41, 5.74) is 1.99. The molecule has 2 aromatic heterocycles. The average Bonchev–Trinajstić information content (AvgIpc) is 3.66. The van der Waals surface area contributed by atoms with E-state index in [2.05, 4.69) is 41.8 Å². The van der Waals surface area contributed by atoms with Crippen molar-refractivity contribution in [3.8, 4) is 22.9 Å². The van der Waals surface area contributed by atoms with E-state index in [1.54, 1.807) is 48.8 Å². The molecule has 6 rings (SSSR count). The number of halogens is 2. The Kier molecular flexibility index (Phi) is 6.85. The van der Waals surface area contributed by atoms with Gasteiger partial charge in [-0.1, -0.05) is 80.4 Å². The maximum atomic E-state index is 13.3. The molecular formula is C30H18Br2N2O5. The van der Waals surface area contributed by atoms with E-state index in [1.807, 2.05) is 36.4 Å². The van der Waals surface area contributed by atoms with Crippen LogP contribution in [0.15, 0.2) is 94.0 Å². The average molecular weight is 646 g/mol. The minimum absolute atomic E-state index is 0.262. The van der Waals surface area contributed by atoms with Crippen molar-refractivity contribution in [2.45, 2.75) is 10.7 Å². The van der Waals surface area contributed by atoms with Gasteiger partial charge in [-0.15, -0.1) is 0 Å². The summed E-state index contributed by atoms with van der Waals surface area (Å²) in [6.07, 6.45) is 3.30. The predicted octanol–water partition coefficient (Wildman–Crippen LogP) is 8.09. The number of ether oxygens (including phenoxy) is 1. The van der Waals surface area contributed by atoms with Gasteiger partial charge in [0.2, 0.25) is 11.8 Å². The van der Waals surface area contributed by atoms with Crippen LogP contribution in [0.25, 0.3) is 44.5 Å². The molecule has 0 spiro atoms. The van der Waals surface area contributed by atoms with E-state index < -0.39 is 11.9 Å². The summed E-state index contributed by atoms with van der Waals surface area (Å²) in [5, 5.41) is 3.83. The number of carbonyl (C=O) groups is 2. The molecule has 9 heteroatoms. The zero-order valence-electron chi connectivity index (χ0n) is 20.2. The Morgan fingerprint density at radius 1 is 0.615 bits per heavy atom. The summed E-state index contributed by atoms with van der Waals surface area (Å²) in [6, 6.07) is 21.4. The molecule has 0 fully saturated rings.